The summed E-state index contributed by atoms with van der Waals surface area (Å²) in [6, 6.07) is 0. The van der Waals surface area contributed by atoms with E-state index in [2.05, 4.69) is 31.0 Å². The van der Waals surface area contributed by atoms with Gasteiger partial charge in [0.2, 0.25) is 0 Å². The van der Waals surface area contributed by atoms with Gasteiger partial charge >= 0.3 is 0 Å². The maximum absolute atomic E-state index is 9.97. The number of aliphatic hydroxyl groups is 1. The number of piperidine rings is 1. The van der Waals surface area contributed by atoms with E-state index in [-0.39, 0.29) is 5.54 Å². The molecule has 1 aliphatic heterocycles. The number of β-amino-alcohol motifs (C(OH)–C–C–N with tert-alkyl or cyclic N) is 1. The van der Waals surface area contributed by atoms with Gasteiger partial charge in [-0.25, -0.2) is 0 Å². The van der Waals surface area contributed by atoms with Crippen LogP contribution in [0.1, 0.15) is 47.0 Å². The molecule has 0 aromatic carbocycles. The van der Waals surface area contributed by atoms with E-state index >= 15 is 0 Å². The zero-order valence-corrected chi connectivity index (χ0v) is 11.3. The molecule has 0 bridgehead atoms. The first-order chi connectivity index (χ1) is 7.29. The van der Waals surface area contributed by atoms with Crippen molar-refractivity contribution in [3.63, 3.8) is 0 Å². The van der Waals surface area contributed by atoms with E-state index in [1.807, 2.05) is 6.92 Å². The zero-order chi connectivity index (χ0) is 12.2. The molecule has 0 spiro atoms. The van der Waals surface area contributed by atoms with Crippen LogP contribution in [0.5, 0.6) is 0 Å². The van der Waals surface area contributed by atoms with Gasteiger partial charge in [0, 0.05) is 12.1 Å². The number of likely N-dealkylation sites (tertiary alicyclic amines) is 1. The number of nitrogens with one attached hydrogen (secondary N) is 1. The third-order valence-electron chi connectivity index (χ3n) is 3.06. The van der Waals surface area contributed by atoms with Gasteiger partial charge < -0.3 is 15.3 Å². The van der Waals surface area contributed by atoms with E-state index in [1.54, 1.807) is 0 Å². The van der Waals surface area contributed by atoms with Crippen LogP contribution in [0, 0.1) is 0 Å². The molecule has 0 aromatic heterocycles. The molecule has 96 valence electrons. The van der Waals surface area contributed by atoms with Gasteiger partial charge in [-0.3, -0.25) is 0 Å². The second-order valence-corrected chi connectivity index (χ2v) is 6.41. The van der Waals surface area contributed by atoms with Crippen molar-refractivity contribution in [2.24, 2.45) is 0 Å². The molecule has 1 saturated heterocycles. The van der Waals surface area contributed by atoms with E-state index in [4.69, 9.17) is 0 Å². The summed E-state index contributed by atoms with van der Waals surface area (Å²) in [6.07, 6.45) is 3.23. The third-order valence-corrected chi connectivity index (χ3v) is 3.06. The van der Waals surface area contributed by atoms with Crippen molar-refractivity contribution >= 4 is 0 Å². The average molecular weight is 228 g/mol. The number of hydrogen-bond acceptors (Lipinski definition) is 3. The van der Waals surface area contributed by atoms with E-state index in [1.165, 1.54) is 0 Å². The smallest absolute Gasteiger partial charge is 0.0746 e. The molecule has 0 aliphatic carbocycles. The maximum atomic E-state index is 9.97. The highest BCUT2D eigenvalue weighted by Crippen LogP contribution is 2.19. The Bertz CT molecular complexity index is 208. The highest BCUT2D eigenvalue weighted by molar-refractivity contribution is 4.82. The topological polar surface area (TPSA) is 35.5 Å². The Kier molecular flexibility index (Phi) is 4.77. The van der Waals surface area contributed by atoms with E-state index < -0.39 is 5.60 Å². The SMILES string of the molecule is CC1(O)CCCN(CCCNC(C)(C)C)C1. The van der Waals surface area contributed by atoms with Crippen LogP contribution < -0.4 is 5.32 Å². The van der Waals surface area contributed by atoms with Crippen LogP contribution in [-0.2, 0) is 0 Å². The number of nitrogens with zero attached hydrogens (tertiary/aromatic N) is 1. The number of rotatable bonds is 4. The van der Waals surface area contributed by atoms with Crippen molar-refractivity contribution in [3.8, 4) is 0 Å². The van der Waals surface area contributed by atoms with Gasteiger partial charge in [-0.2, -0.15) is 0 Å². The highest BCUT2D eigenvalue weighted by atomic mass is 16.3. The second kappa shape index (κ2) is 5.48. The molecule has 1 rings (SSSR count). The van der Waals surface area contributed by atoms with Crippen molar-refractivity contribution in [3.05, 3.63) is 0 Å². The summed E-state index contributed by atoms with van der Waals surface area (Å²) in [5, 5.41) is 13.5. The Hall–Kier alpha value is -0.120. The summed E-state index contributed by atoms with van der Waals surface area (Å²) < 4.78 is 0. The van der Waals surface area contributed by atoms with Crippen LogP contribution in [0.4, 0.5) is 0 Å². The summed E-state index contributed by atoms with van der Waals surface area (Å²) in [6.45, 7) is 12.7. The van der Waals surface area contributed by atoms with Crippen LogP contribution in [0.25, 0.3) is 0 Å². The monoisotopic (exact) mass is 228 g/mol. The lowest BCUT2D eigenvalue weighted by molar-refractivity contribution is -0.0157. The molecule has 1 fully saturated rings. The van der Waals surface area contributed by atoms with Gasteiger partial charge in [-0.05, 0) is 66.6 Å². The van der Waals surface area contributed by atoms with Gasteiger partial charge in [-0.1, -0.05) is 0 Å². The third kappa shape index (κ3) is 5.83. The molecule has 1 atom stereocenters. The molecule has 1 heterocycles. The van der Waals surface area contributed by atoms with E-state index in [0.717, 1.165) is 45.4 Å². The van der Waals surface area contributed by atoms with Gasteiger partial charge in [0.15, 0.2) is 0 Å². The molecule has 0 aromatic rings. The Morgan fingerprint density at radius 3 is 2.62 bits per heavy atom. The quantitative estimate of drug-likeness (QED) is 0.718. The predicted molar refractivity (Wildman–Crippen MR) is 68.7 cm³/mol. The molecule has 1 aliphatic rings. The lowest BCUT2D eigenvalue weighted by Crippen LogP contribution is -2.47. The fourth-order valence-corrected chi connectivity index (χ4v) is 2.28. The lowest BCUT2D eigenvalue weighted by Gasteiger charge is -2.37. The molecule has 0 radical (unpaired) electrons. The molecule has 1 unspecified atom stereocenters. The van der Waals surface area contributed by atoms with Crippen LogP contribution in [-0.4, -0.2) is 47.3 Å². The van der Waals surface area contributed by atoms with Gasteiger partial charge in [-0.15, -0.1) is 0 Å². The Balaban J connectivity index is 2.13. The lowest BCUT2D eigenvalue weighted by atomic mass is 9.95. The van der Waals surface area contributed by atoms with Crippen LogP contribution in [0.2, 0.25) is 0 Å². The second-order valence-electron chi connectivity index (χ2n) is 6.41. The summed E-state index contributed by atoms with van der Waals surface area (Å²) >= 11 is 0. The minimum Gasteiger partial charge on any atom is -0.389 e. The first-order valence-corrected chi connectivity index (χ1v) is 6.48. The molecule has 2 N–H and O–H groups in total. The summed E-state index contributed by atoms with van der Waals surface area (Å²) in [5.74, 6) is 0. The standard InChI is InChI=1S/C13H28N2O/c1-12(2,3)14-8-6-10-15-9-5-7-13(4,16)11-15/h14,16H,5-11H2,1-4H3. The van der Waals surface area contributed by atoms with Gasteiger partial charge in [0.25, 0.3) is 0 Å². The molecule has 3 nitrogen and oxygen atoms in total. The normalized spacial score (nSPS) is 28.3. The first kappa shape index (κ1) is 13.9. The Morgan fingerprint density at radius 1 is 1.38 bits per heavy atom. The molecule has 16 heavy (non-hydrogen) atoms. The first-order valence-electron chi connectivity index (χ1n) is 6.48. The predicted octanol–water partition coefficient (Wildman–Crippen LogP) is 1.61. The molecule has 0 saturated carbocycles. The fourth-order valence-electron chi connectivity index (χ4n) is 2.28. The van der Waals surface area contributed by atoms with Gasteiger partial charge in [0.05, 0.1) is 5.60 Å². The van der Waals surface area contributed by atoms with Crippen molar-refractivity contribution in [2.75, 3.05) is 26.2 Å². The Labute approximate surface area is 100 Å². The summed E-state index contributed by atoms with van der Waals surface area (Å²) in [5.41, 5.74) is -0.247. The maximum Gasteiger partial charge on any atom is 0.0746 e. The van der Waals surface area contributed by atoms with Crippen molar-refractivity contribution in [2.45, 2.75) is 58.1 Å². The van der Waals surface area contributed by atoms with Crippen molar-refractivity contribution < 1.29 is 5.11 Å². The van der Waals surface area contributed by atoms with Crippen molar-refractivity contribution in [1.29, 1.82) is 0 Å². The fraction of sp³-hybridized carbons (Fsp3) is 1.00. The van der Waals surface area contributed by atoms with Crippen LogP contribution >= 0.6 is 0 Å². The molecular formula is C13H28N2O. The minimum atomic E-state index is -0.463. The average Bonchev–Trinajstić information content (AvgIpc) is 2.09. The zero-order valence-electron chi connectivity index (χ0n) is 11.3. The minimum absolute atomic E-state index is 0.216. The van der Waals surface area contributed by atoms with Gasteiger partial charge in [0.1, 0.15) is 0 Å². The molecular weight excluding hydrogens is 200 g/mol. The van der Waals surface area contributed by atoms with Crippen molar-refractivity contribution in [1.82, 2.24) is 10.2 Å². The number of hydrogen-bond donors (Lipinski definition) is 2. The van der Waals surface area contributed by atoms with Crippen LogP contribution in [0.3, 0.4) is 0 Å². The summed E-state index contributed by atoms with van der Waals surface area (Å²) in [4.78, 5) is 2.38. The van der Waals surface area contributed by atoms with Crippen LogP contribution in [0.15, 0.2) is 0 Å². The highest BCUT2D eigenvalue weighted by Gasteiger charge is 2.27. The summed E-state index contributed by atoms with van der Waals surface area (Å²) in [7, 11) is 0. The Morgan fingerprint density at radius 2 is 2.06 bits per heavy atom. The molecule has 0 amide bonds. The van der Waals surface area contributed by atoms with E-state index in [9.17, 15) is 5.11 Å². The van der Waals surface area contributed by atoms with E-state index in [0.29, 0.717) is 0 Å². The largest absolute Gasteiger partial charge is 0.389 e. The molecule has 3 heteroatoms.